The van der Waals surface area contributed by atoms with Crippen LogP contribution in [0.5, 0.6) is 5.75 Å². The molecular weight excluding hydrogens is 545 g/mol. The zero-order chi connectivity index (χ0) is 30.0. The predicted molar refractivity (Wildman–Crippen MR) is 165 cm³/mol. The number of rotatable bonds is 5. The molecular formula is C35H46FN3O4. The van der Waals surface area contributed by atoms with Gasteiger partial charge in [-0.15, -0.1) is 0 Å². The molecule has 2 amide bonds. The van der Waals surface area contributed by atoms with Crippen molar-refractivity contribution >= 4 is 17.5 Å². The van der Waals surface area contributed by atoms with Gasteiger partial charge in [-0.25, -0.2) is 4.39 Å². The van der Waals surface area contributed by atoms with Crippen molar-refractivity contribution in [3.8, 4) is 5.75 Å². The number of aliphatic hydroxyl groups is 1. The summed E-state index contributed by atoms with van der Waals surface area (Å²) in [5, 5.41) is 10.2. The van der Waals surface area contributed by atoms with Gasteiger partial charge in [0.25, 0.3) is 11.8 Å². The van der Waals surface area contributed by atoms with Crippen molar-refractivity contribution in [1.82, 2.24) is 9.80 Å². The van der Waals surface area contributed by atoms with Crippen LogP contribution in [0.15, 0.2) is 36.4 Å². The van der Waals surface area contributed by atoms with Crippen LogP contribution in [0.2, 0.25) is 0 Å². The highest BCUT2D eigenvalue weighted by atomic mass is 19.1. The van der Waals surface area contributed by atoms with Crippen LogP contribution >= 0.6 is 0 Å². The summed E-state index contributed by atoms with van der Waals surface area (Å²) in [4.78, 5) is 31.7. The first-order valence-corrected chi connectivity index (χ1v) is 16.4. The average molecular weight is 592 g/mol. The molecule has 4 aliphatic rings. The molecule has 2 saturated carbocycles. The van der Waals surface area contributed by atoms with Crippen molar-refractivity contribution in [2.75, 3.05) is 38.2 Å². The number of halogens is 1. The summed E-state index contributed by atoms with van der Waals surface area (Å²) in [5.41, 5.74) is 2.30. The Morgan fingerprint density at radius 2 is 1.51 bits per heavy atom. The van der Waals surface area contributed by atoms with Crippen LogP contribution in [0.1, 0.15) is 105 Å². The van der Waals surface area contributed by atoms with E-state index in [0.717, 1.165) is 37.0 Å². The van der Waals surface area contributed by atoms with E-state index in [-0.39, 0.29) is 23.4 Å². The second-order valence-electron chi connectivity index (χ2n) is 13.0. The summed E-state index contributed by atoms with van der Waals surface area (Å²) >= 11 is 0. The summed E-state index contributed by atoms with van der Waals surface area (Å²) < 4.78 is 21.3. The molecule has 1 atom stereocenters. The number of nitrogens with zero attached hydrogens (tertiary/aromatic N) is 3. The fraction of sp³-hybridized carbons (Fsp3) is 0.600. The standard InChI is InChI=1S/C35H46FN3O4/c1-43-28-13-16-32-25(23-28)12-15-31(39(32)27-9-7-5-3-2-4-6-8-10-27)26-11-14-29(30(36)24-26)33(40)37-19-21-38(22-20-37)34(41)35(42)17-18-35/h11,13-14,16,23-24,27,31,42H,2-10,12,15,17-22H2,1H3. The van der Waals surface area contributed by atoms with E-state index in [1.54, 1.807) is 29.0 Å². The van der Waals surface area contributed by atoms with Gasteiger partial charge in [0, 0.05) is 37.9 Å². The summed E-state index contributed by atoms with van der Waals surface area (Å²) in [6, 6.07) is 12.0. The Balaban J connectivity index is 1.22. The normalized spacial score (nSPS) is 23.0. The molecule has 2 aromatic carbocycles. The number of carbonyl (C=O) groups excluding carboxylic acids is 2. The molecule has 0 radical (unpaired) electrons. The summed E-state index contributed by atoms with van der Waals surface area (Å²) in [7, 11) is 1.70. The number of aryl methyl sites for hydroxylation is 1. The van der Waals surface area contributed by atoms with E-state index in [9.17, 15) is 14.7 Å². The van der Waals surface area contributed by atoms with Gasteiger partial charge < -0.3 is 24.5 Å². The second-order valence-corrected chi connectivity index (χ2v) is 13.0. The van der Waals surface area contributed by atoms with Crippen LogP contribution in [0.25, 0.3) is 0 Å². The Morgan fingerprint density at radius 1 is 0.860 bits per heavy atom. The first-order valence-electron chi connectivity index (χ1n) is 16.4. The van der Waals surface area contributed by atoms with Crippen molar-refractivity contribution in [3.63, 3.8) is 0 Å². The van der Waals surface area contributed by atoms with Crippen molar-refractivity contribution in [3.05, 3.63) is 58.9 Å². The Labute approximate surface area is 255 Å². The minimum absolute atomic E-state index is 0.0373. The quantitative estimate of drug-likeness (QED) is 0.460. The maximum atomic E-state index is 15.8. The molecule has 232 valence electrons. The Kier molecular flexibility index (Phi) is 8.94. The fourth-order valence-corrected chi connectivity index (χ4v) is 7.41. The topological polar surface area (TPSA) is 73.3 Å². The lowest BCUT2D eigenvalue weighted by Crippen LogP contribution is -2.53. The molecule has 1 N–H and O–H groups in total. The summed E-state index contributed by atoms with van der Waals surface area (Å²) in [6.07, 6.45) is 13.9. The smallest absolute Gasteiger partial charge is 0.256 e. The van der Waals surface area contributed by atoms with E-state index in [4.69, 9.17) is 4.74 Å². The first kappa shape index (κ1) is 29.9. The molecule has 2 heterocycles. The zero-order valence-corrected chi connectivity index (χ0v) is 25.5. The molecule has 2 aliphatic heterocycles. The van der Waals surface area contributed by atoms with Crippen LogP contribution in [0, 0.1) is 5.82 Å². The zero-order valence-electron chi connectivity index (χ0n) is 25.5. The van der Waals surface area contributed by atoms with Crippen LogP contribution < -0.4 is 9.64 Å². The number of methoxy groups -OCH3 is 1. The highest BCUT2D eigenvalue weighted by Crippen LogP contribution is 2.44. The highest BCUT2D eigenvalue weighted by molar-refractivity contribution is 5.95. The molecule has 2 aliphatic carbocycles. The molecule has 1 unspecified atom stereocenters. The molecule has 2 aromatic rings. The Hall–Kier alpha value is -3.13. The lowest BCUT2D eigenvalue weighted by Gasteiger charge is -2.45. The van der Waals surface area contributed by atoms with Gasteiger partial charge in [0.05, 0.1) is 18.7 Å². The number of hydrogen-bond acceptors (Lipinski definition) is 5. The predicted octanol–water partition coefficient (Wildman–Crippen LogP) is 6.03. The van der Waals surface area contributed by atoms with Crippen molar-refractivity contribution in [1.29, 1.82) is 0 Å². The molecule has 1 saturated heterocycles. The number of amides is 2. The van der Waals surface area contributed by atoms with Gasteiger partial charge in [0.1, 0.15) is 17.2 Å². The minimum Gasteiger partial charge on any atom is -0.497 e. The van der Waals surface area contributed by atoms with Crippen LogP contribution in [0.4, 0.5) is 10.1 Å². The number of fused-ring (bicyclic) bond motifs is 1. The van der Waals surface area contributed by atoms with Crippen molar-refractivity contribution in [2.24, 2.45) is 0 Å². The first-order chi connectivity index (χ1) is 20.9. The number of benzene rings is 2. The molecule has 8 heteroatoms. The third-order valence-corrected chi connectivity index (χ3v) is 10.1. The van der Waals surface area contributed by atoms with E-state index in [2.05, 4.69) is 17.0 Å². The Bertz CT molecular complexity index is 1310. The molecule has 43 heavy (non-hydrogen) atoms. The fourth-order valence-electron chi connectivity index (χ4n) is 7.41. The van der Waals surface area contributed by atoms with E-state index in [0.29, 0.717) is 45.1 Å². The van der Waals surface area contributed by atoms with E-state index >= 15 is 4.39 Å². The van der Waals surface area contributed by atoms with Gasteiger partial charge in [-0.1, -0.05) is 51.0 Å². The Morgan fingerprint density at radius 3 is 2.14 bits per heavy atom. The van der Waals surface area contributed by atoms with Gasteiger partial charge >= 0.3 is 0 Å². The third-order valence-electron chi connectivity index (χ3n) is 10.1. The van der Waals surface area contributed by atoms with Crippen LogP contribution in [-0.4, -0.2) is 71.7 Å². The summed E-state index contributed by atoms with van der Waals surface area (Å²) in [6.45, 7) is 1.38. The molecule has 3 fully saturated rings. The molecule has 7 nitrogen and oxygen atoms in total. The number of ether oxygens (including phenoxy) is 1. The van der Waals surface area contributed by atoms with Gasteiger partial charge in [-0.3, -0.25) is 9.59 Å². The maximum absolute atomic E-state index is 15.8. The van der Waals surface area contributed by atoms with Gasteiger partial charge in [0.2, 0.25) is 0 Å². The molecule has 0 aromatic heterocycles. The lowest BCUT2D eigenvalue weighted by atomic mass is 9.86. The van der Waals surface area contributed by atoms with E-state index < -0.39 is 11.4 Å². The number of piperazine rings is 1. The number of anilines is 1. The van der Waals surface area contributed by atoms with Gasteiger partial charge in [-0.05, 0) is 80.0 Å². The van der Waals surface area contributed by atoms with Crippen LogP contribution in [-0.2, 0) is 11.2 Å². The summed E-state index contributed by atoms with van der Waals surface area (Å²) in [5.74, 6) is -0.209. The molecule has 0 bridgehead atoms. The molecule has 0 spiro atoms. The molecule has 6 rings (SSSR count). The number of hydrogen-bond donors (Lipinski definition) is 1. The van der Waals surface area contributed by atoms with Crippen molar-refractivity contribution in [2.45, 2.75) is 101 Å². The van der Waals surface area contributed by atoms with Crippen molar-refractivity contribution < 1.29 is 23.8 Å². The largest absolute Gasteiger partial charge is 0.497 e. The monoisotopic (exact) mass is 591 g/mol. The minimum atomic E-state index is -1.21. The van der Waals surface area contributed by atoms with Crippen LogP contribution in [0.3, 0.4) is 0 Å². The number of carbonyl (C=O) groups is 2. The van der Waals surface area contributed by atoms with Gasteiger partial charge in [0.15, 0.2) is 0 Å². The van der Waals surface area contributed by atoms with Gasteiger partial charge in [-0.2, -0.15) is 0 Å². The second kappa shape index (κ2) is 12.8. The maximum Gasteiger partial charge on any atom is 0.256 e. The average Bonchev–Trinajstić information content (AvgIpc) is 3.80. The van der Waals surface area contributed by atoms with E-state index in [1.807, 2.05) is 12.1 Å². The lowest BCUT2D eigenvalue weighted by molar-refractivity contribution is -0.143. The van der Waals surface area contributed by atoms with E-state index in [1.165, 1.54) is 56.2 Å². The third kappa shape index (κ3) is 6.40. The SMILES string of the molecule is COc1ccc2c(c1)CCC(c1ccc(C(=O)N3CCN(C(=O)C4(O)CC4)CC3)c(F)c1)N2C1CCCCCCCCC1. The highest BCUT2D eigenvalue weighted by Gasteiger charge is 2.50.